The molecule has 0 aromatic heterocycles. The first kappa shape index (κ1) is 20.1. The number of hydrogen-bond acceptors (Lipinski definition) is 4. The van der Waals surface area contributed by atoms with Gasteiger partial charge in [-0.25, -0.2) is 0 Å². The molecule has 0 radical (unpaired) electrons. The van der Waals surface area contributed by atoms with E-state index in [0.29, 0.717) is 0 Å². The van der Waals surface area contributed by atoms with Gasteiger partial charge in [0, 0.05) is 57.1 Å². The zero-order valence-corrected chi connectivity index (χ0v) is 18.5. The Morgan fingerprint density at radius 3 is 2.29 bits per heavy atom. The third-order valence-electron chi connectivity index (χ3n) is 6.69. The van der Waals surface area contributed by atoms with Gasteiger partial charge in [-0.05, 0) is 48.0 Å². The monoisotopic (exact) mass is 413 g/mol. The summed E-state index contributed by atoms with van der Waals surface area (Å²) in [6.45, 7) is 6.25. The van der Waals surface area contributed by atoms with Crippen LogP contribution in [0.15, 0.2) is 72.8 Å². The van der Waals surface area contributed by atoms with Crippen molar-refractivity contribution in [3.63, 3.8) is 0 Å². The molecule has 4 heteroatoms. The maximum Gasteiger partial charge on any atom is 0.119 e. The highest BCUT2D eigenvalue weighted by molar-refractivity contribution is 5.78. The Balaban J connectivity index is 1.41. The average molecular weight is 414 g/mol. The maximum absolute atomic E-state index is 6.24. The Morgan fingerprint density at radius 1 is 0.774 bits per heavy atom. The molecule has 0 aliphatic carbocycles. The summed E-state index contributed by atoms with van der Waals surface area (Å²) >= 11 is 0. The van der Waals surface area contributed by atoms with Gasteiger partial charge in [-0.1, -0.05) is 48.5 Å². The van der Waals surface area contributed by atoms with Crippen molar-refractivity contribution < 1.29 is 4.74 Å². The molecule has 1 saturated heterocycles. The fourth-order valence-corrected chi connectivity index (χ4v) is 4.86. The molecule has 3 aromatic rings. The van der Waals surface area contributed by atoms with Crippen molar-refractivity contribution in [3.8, 4) is 5.75 Å². The van der Waals surface area contributed by atoms with Gasteiger partial charge >= 0.3 is 0 Å². The van der Waals surface area contributed by atoms with Crippen LogP contribution in [0, 0.1) is 0 Å². The summed E-state index contributed by atoms with van der Waals surface area (Å²) in [5.41, 5.74) is 6.49. The Hall–Kier alpha value is -2.82. The smallest absolute Gasteiger partial charge is 0.119 e. The number of fused-ring (bicyclic) bond motifs is 2. The molecule has 1 unspecified atom stereocenters. The van der Waals surface area contributed by atoms with Gasteiger partial charge in [0.05, 0.1) is 0 Å². The van der Waals surface area contributed by atoms with E-state index in [1.165, 1.54) is 28.1 Å². The number of piperazine rings is 1. The molecule has 0 N–H and O–H groups in total. The molecule has 0 spiro atoms. The van der Waals surface area contributed by atoms with Crippen molar-refractivity contribution in [3.05, 3.63) is 89.5 Å². The lowest BCUT2D eigenvalue weighted by Crippen LogP contribution is -2.45. The first-order valence-electron chi connectivity index (χ1n) is 11.3. The normalized spacial score (nSPS) is 19.0. The first-order valence-corrected chi connectivity index (χ1v) is 11.3. The molecule has 0 amide bonds. The van der Waals surface area contributed by atoms with E-state index < -0.39 is 0 Å². The maximum atomic E-state index is 6.24. The van der Waals surface area contributed by atoms with Crippen LogP contribution < -0.4 is 9.64 Å². The zero-order valence-electron chi connectivity index (χ0n) is 18.5. The molecule has 160 valence electrons. The number of nitrogens with zero attached hydrogens (tertiary/aromatic N) is 3. The van der Waals surface area contributed by atoms with Gasteiger partial charge in [0.25, 0.3) is 0 Å². The zero-order chi connectivity index (χ0) is 21.2. The fraction of sp³-hybridized carbons (Fsp3) is 0.333. The predicted molar refractivity (Wildman–Crippen MR) is 128 cm³/mol. The molecule has 1 atom stereocenters. The van der Waals surface area contributed by atoms with Gasteiger partial charge in [-0.3, -0.25) is 4.90 Å². The van der Waals surface area contributed by atoms with Crippen molar-refractivity contribution in [2.75, 3.05) is 58.3 Å². The molecular weight excluding hydrogens is 382 g/mol. The lowest BCUT2D eigenvalue weighted by Gasteiger charge is -2.36. The summed E-state index contributed by atoms with van der Waals surface area (Å²) in [5, 5.41) is 0. The second-order valence-electron chi connectivity index (χ2n) is 8.68. The molecule has 31 heavy (non-hydrogen) atoms. The van der Waals surface area contributed by atoms with Crippen molar-refractivity contribution in [1.29, 1.82) is 0 Å². The molecule has 4 nitrogen and oxygen atoms in total. The highest BCUT2D eigenvalue weighted by Crippen LogP contribution is 2.48. The molecule has 2 aliphatic rings. The van der Waals surface area contributed by atoms with Crippen LogP contribution in [0.2, 0.25) is 0 Å². The third-order valence-corrected chi connectivity index (χ3v) is 6.69. The predicted octanol–water partition coefficient (Wildman–Crippen LogP) is 4.57. The van der Waals surface area contributed by atoms with Gasteiger partial charge in [0.2, 0.25) is 0 Å². The number of rotatable bonds is 5. The van der Waals surface area contributed by atoms with E-state index in [1.807, 2.05) is 0 Å². The number of likely N-dealkylation sites (N-methyl/N-ethyl adjacent to an activating group) is 1. The van der Waals surface area contributed by atoms with Crippen LogP contribution in [-0.2, 0) is 0 Å². The van der Waals surface area contributed by atoms with Crippen LogP contribution in [0.25, 0.3) is 0 Å². The van der Waals surface area contributed by atoms with Gasteiger partial charge in [-0.15, -0.1) is 0 Å². The van der Waals surface area contributed by atoms with Crippen LogP contribution in [-0.4, -0.2) is 63.2 Å². The number of benzene rings is 3. The number of para-hydroxylation sites is 1. The van der Waals surface area contributed by atoms with Crippen LogP contribution in [0.1, 0.15) is 22.6 Å². The van der Waals surface area contributed by atoms with Crippen molar-refractivity contribution >= 4 is 11.4 Å². The summed E-state index contributed by atoms with van der Waals surface area (Å²) in [6.07, 6.45) is 0. The lowest BCUT2D eigenvalue weighted by molar-refractivity contribution is 0.133. The number of anilines is 2. The van der Waals surface area contributed by atoms with E-state index in [-0.39, 0.29) is 5.92 Å². The number of ether oxygens (including phenoxy) is 1. The standard InChI is InChI=1S/C27H31N3O/c1-28-14-16-30(17-15-28)18-19-31-22-12-13-26-24(20-22)27(21-8-4-3-5-9-21)23-10-6-7-11-25(23)29(26)2/h3-13,20,27H,14-19H2,1-2H3. The minimum atomic E-state index is 0.213. The van der Waals surface area contributed by atoms with Gasteiger partial charge < -0.3 is 14.5 Å². The molecule has 1 fully saturated rings. The summed E-state index contributed by atoms with van der Waals surface area (Å²) < 4.78 is 6.24. The largest absolute Gasteiger partial charge is 0.492 e. The molecule has 2 aliphatic heterocycles. The van der Waals surface area contributed by atoms with Crippen molar-refractivity contribution in [1.82, 2.24) is 9.80 Å². The van der Waals surface area contributed by atoms with Crippen LogP contribution in [0.4, 0.5) is 11.4 Å². The van der Waals surface area contributed by atoms with E-state index in [1.54, 1.807) is 0 Å². The van der Waals surface area contributed by atoms with Gasteiger partial charge in [-0.2, -0.15) is 0 Å². The van der Waals surface area contributed by atoms with Gasteiger partial charge in [0.15, 0.2) is 0 Å². The third kappa shape index (κ3) is 4.06. The highest BCUT2D eigenvalue weighted by atomic mass is 16.5. The Labute approximate surface area is 185 Å². The summed E-state index contributed by atoms with van der Waals surface area (Å²) in [5.74, 6) is 1.17. The van der Waals surface area contributed by atoms with Crippen LogP contribution in [0.5, 0.6) is 5.75 Å². The molecule has 0 bridgehead atoms. The van der Waals surface area contributed by atoms with Crippen molar-refractivity contribution in [2.45, 2.75) is 5.92 Å². The Bertz CT molecular complexity index is 1030. The average Bonchev–Trinajstić information content (AvgIpc) is 2.81. The topological polar surface area (TPSA) is 19.0 Å². The molecule has 2 heterocycles. The van der Waals surface area contributed by atoms with E-state index in [0.717, 1.165) is 45.1 Å². The van der Waals surface area contributed by atoms with E-state index >= 15 is 0 Å². The summed E-state index contributed by atoms with van der Waals surface area (Å²) in [7, 11) is 4.35. The van der Waals surface area contributed by atoms with Crippen molar-refractivity contribution in [2.24, 2.45) is 0 Å². The first-order chi connectivity index (χ1) is 15.2. The van der Waals surface area contributed by atoms with E-state index in [9.17, 15) is 0 Å². The molecule has 0 saturated carbocycles. The Kier molecular flexibility index (Phi) is 5.66. The Morgan fingerprint density at radius 2 is 1.48 bits per heavy atom. The summed E-state index contributed by atoms with van der Waals surface area (Å²) in [4.78, 5) is 7.19. The minimum Gasteiger partial charge on any atom is -0.492 e. The fourth-order valence-electron chi connectivity index (χ4n) is 4.86. The molecule has 5 rings (SSSR count). The second kappa shape index (κ2) is 8.74. The minimum absolute atomic E-state index is 0.213. The highest BCUT2D eigenvalue weighted by Gasteiger charge is 2.30. The second-order valence-corrected chi connectivity index (χ2v) is 8.68. The lowest BCUT2D eigenvalue weighted by atomic mass is 9.80. The molecule has 3 aromatic carbocycles. The van der Waals surface area contributed by atoms with E-state index in [2.05, 4.69) is 102 Å². The number of hydrogen-bond donors (Lipinski definition) is 0. The SMILES string of the molecule is CN1CCN(CCOc2ccc3c(c2)C(c2ccccc2)c2ccccc2N3C)CC1. The summed E-state index contributed by atoms with van der Waals surface area (Å²) in [6, 6.07) is 26.1. The molecular formula is C27H31N3O. The van der Waals surface area contributed by atoms with Crippen LogP contribution >= 0.6 is 0 Å². The van der Waals surface area contributed by atoms with E-state index in [4.69, 9.17) is 4.74 Å². The van der Waals surface area contributed by atoms with Crippen LogP contribution in [0.3, 0.4) is 0 Å². The quantitative estimate of drug-likeness (QED) is 0.610. The van der Waals surface area contributed by atoms with Gasteiger partial charge in [0.1, 0.15) is 12.4 Å².